The first-order valence-electron chi connectivity index (χ1n) is 12.9. The number of hydrogen-bond acceptors (Lipinski definition) is 5. The molecule has 1 aromatic heterocycles. The van der Waals surface area contributed by atoms with Gasteiger partial charge in [0.1, 0.15) is 6.54 Å². The van der Waals surface area contributed by atoms with E-state index in [0.717, 1.165) is 11.1 Å². The molecule has 38 heavy (non-hydrogen) atoms. The zero-order valence-electron chi connectivity index (χ0n) is 21.8. The Kier molecular flexibility index (Phi) is 8.98. The molecule has 3 aromatic carbocycles. The van der Waals surface area contributed by atoms with Crippen LogP contribution >= 0.6 is 0 Å². The molecule has 0 unspecified atom stereocenters. The summed E-state index contributed by atoms with van der Waals surface area (Å²) in [7, 11) is 0. The maximum absolute atomic E-state index is 13.4. The number of aryl methyl sites for hydroxylation is 1. The number of carbonyl (C=O) groups excluding carboxylic acids is 1. The Morgan fingerprint density at radius 2 is 1.50 bits per heavy atom. The lowest BCUT2D eigenvalue weighted by Crippen LogP contribution is -2.43. The van der Waals surface area contributed by atoms with E-state index in [2.05, 4.69) is 5.32 Å². The second-order valence-corrected chi connectivity index (χ2v) is 8.83. The Hall–Kier alpha value is -4.33. The first kappa shape index (κ1) is 26.7. The van der Waals surface area contributed by atoms with Crippen molar-refractivity contribution in [3.05, 3.63) is 105 Å². The van der Waals surface area contributed by atoms with Gasteiger partial charge in [-0.25, -0.2) is 4.79 Å². The minimum atomic E-state index is -0.493. The molecule has 8 heteroatoms. The van der Waals surface area contributed by atoms with Gasteiger partial charge in [-0.05, 0) is 62.1 Å². The number of amides is 1. The van der Waals surface area contributed by atoms with E-state index in [4.69, 9.17) is 9.47 Å². The van der Waals surface area contributed by atoms with Gasteiger partial charge in [-0.1, -0.05) is 48.5 Å². The van der Waals surface area contributed by atoms with Gasteiger partial charge in [0, 0.05) is 13.1 Å². The lowest BCUT2D eigenvalue weighted by atomic mass is 10.1. The molecule has 0 fully saturated rings. The van der Waals surface area contributed by atoms with E-state index in [1.54, 1.807) is 24.3 Å². The molecule has 0 bridgehead atoms. The standard InChI is InChI=1S/C30H33N3O5/c1-3-37-26-15-14-23(20-27(26)38-4-2)16-18-31-28(34)21-33-25-13-9-8-12-24(25)29(35)32(30(33)36)19-17-22-10-6-5-7-11-22/h5-15,20H,3-4,16-19,21H2,1-2H3,(H,31,34). The third kappa shape index (κ3) is 6.32. The number of benzene rings is 3. The summed E-state index contributed by atoms with van der Waals surface area (Å²) in [5.74, 6) is 1.06. The van der Waals surface area contributed by atoms with Gasteiger partial charge in [-0.2, -0.15) is 0 Å². The Morgan fingerprint density at radius 3 is 2.26 bits per heavy atom. The van der Waals surface area contributed by atoms with Crippen LogP contribution in [0.25, 0.3) is 10.9 Å². The number of carbonyl (C=O) groups is 1. The van der Waals surface area contributed by atoms with Crippen LogP contribution in [0.15, 0.2) is 82.4 Å². The summed E-state index contributed by atoms with van der Waals surface area (Å²) in [6.45, 7) is 5.34. The van der Waals surface area contributed by atoms with Crippen molar-refractivity contribution in [2.45, 2.75) is 39.8 Å². The maximum atomic E-state index is 13.4. The van der Waals surface area contributed by atoms with Crippen molar-refractivity contribution in [3.8, 4) is 11.5 Å². The number of rotatable bonds is 12. The molecule has 8 nitrogen and oxygen atoms in total. The van der Waals surface area contributed by atoms with Crippen LogP contribution in [0.4, 0.5) is 0 Å². The molecule has 0 spiro atoms. The first-order chi connectivity index (χ1) is 18.5. The highest BCUT2D eigenvalue weighted by molar-refractivity contribution is 5.81. The highest BCUT2D eigenvalue weighted by Crippen LogP contribution is 2.28. The van der Waals surface area contributed by atoms with Gasteiger partial charge in [0.2, 0.25) is 5.91 Å². The van der Waals surface area contributed by atoms with Crippen LogP contribution in [0.2, 0.25) is 0 Å². The van der Waals surface area contributed by atoms with Crippen molar-refractivity contribution in [2.24, 2.45) is 0 Å². The fourth-order valence-electron chi connectivity index (χ4n) is 4.40. The van der Waals surface area contributed by atoms with Crippen molar-refractivity contribution in [2.75, 3.05) is 19.8 Å². The molecule has 1 heterocycles. The van der Waals surface area contributed by atoms with Gasteiger partial charge in [0.15, 0.2) is 11.5 Å². The second kappa shape index (κ2) is 12.8. The normalized spacial score (nSPS) is 10.9. The highest BCUT2D eigenvalue weighted by atomic mass is 16.5. The number of nitrogens with one attached hydrogen (secondary N) is 1. The van der Waals surface area contributed by atoms with Gasteiger partial charge in [0.25, 0.3) is 5.56 Å². The molecule has 0 aliphatic heterocycles. The summed E-state index contributed by atoms with van der Waals surface area (Å²) < 4.78 is 13.9. The summed E-state index contributed by atoms with van der Waals surface area (Å²) >= 11 is 0. The van der Waals surface area contributed by atoms with Gasteiger partial charge in [-0.15, -0.1) is 0 Å². The van der Waals surface area contributed by atoms with Crippen LogP contribution in [0.3, 0.4) is 0 Å². The quantitative estimate of drug-likeness (QED) is 0.312. The minimum Gasteiger partial charge on any atom is -0.490 e. The molecule has 198 valence electrons. The largest absolute Gasteiger partial charge is 0.490 e. The summed E-state index contributed by atoms with van der Waals surface area (Å²) in [5, 5.41) is 3.30. The average molecular weight is 516 g/mol. The van der Waals surface area contributed by atoms with E-state index in [1.165, 1.54) is 9.13 Å². The van der Waals surface area contributed by atoms with Crippen LogP contribution in [-0.2, 0) is 30.7 Å². The second-order valence-electron chi connectivity index (χ2n) is 8.83. The Bertz CT molecular complexity index is 1510. The third-order valence-electron chi connectivity index (χ3n) is 6.24. The van der Waals surface area contributed by atoms with Gasteiger partial charge >= 0.3 is 5.69 Å². The number of nitrogens with zero attached hydrogens (tertiary/aromatic N) is 2. The summed E-state index contributed by atoms with van der Waals surface area (Å²) in [6, 6.07) is 22.3. The van der Waals surface area contributed by atoms with E-state index in [9.17, 15) is 14.4 Å². The molecule has 0 aliphatic rings. The number of ether oxygens (including phenoxy) is 2. The van der Waals surface area contributed by atoms with E-state index >= 15 is 0 Å². The Morgan fingerprint density at radius 1 is 0.789 bits per heavy atom. The fourth-order valence-corrected chi connectivity index (χ4v) is 4.40. The van der Waals surface area contributed by atoms with Crippen LogP contribution in [0.5, 0.6) is 11.5 Å². The zero-order chi connectivity index (χ0) is 26.9. The zero-order valence-corrected chi connectivity index (χ0v) is 21.8. The molecular formula is C30H33N3O5. The van der Waals surface area contributed by atoms with Crippen molar-refractivity contribution >= 4 is 16.8 Å². The molecule has 0 saturated heterocycles. The monoisotopic (exact) mass is 515 g/mol. The van der Waals surface area contributed by atoms with Gasteiger partial charge in [-0.3, -0.25) is 18.7 Å². The molecule has 0 saturated carbocycles. The van der Waals surface area contributed by atoms with Crippen LogP contribution in [-0.4, -0.2) is 34.8 Å². The van der Waals surface area contributed by atoms with Crippen molar-refractivity contribution in [3.63, 3.8) is 0 Å². The van der Waals surface area contributed by atoms with Crippen molar-refractivity contribution in [1.29, 1.82) is 0 Å². The Labute approximate surface area is 221 Å². The Balaban J connectivity index is 1.48. The SMILES string of the molecule is CCOc1ccc(CCNC(=O)Cn2c(=O)n(CCc3ccccc3)c(=O)c3ccccc32)cc1OCC. The molecular weight excluding hydrogens is 482 g/mol. The molecule has 0 atom stereocenters. The molecule has 4 rings (SSSR count). The molecule has 0 radical (unpaired) electrons. The lowest BCUT2D eigenvalue weighted by molar-refractivity contribution is -0.121. The highest BCUT2D eigenvalue weighted by Gasteiger charge is 2.15. The van der Waals surface area contributed by atoms with Gasteiger partial charge in [0.05, 0.1) is 24.1 Å². The fraction of sp³-hybridized carbons (Fsp3) is 0.300. The predicted molar refractivity (Wildman–Crippen MR) is 148 cm³/mol. The van der Waals surface area contributed by atoms with E-state index in [0.29, 0.717) is 55.0 Å². The predicted octanol–water partition coefficient (Wildman–Crippen LogP) is 3.56. The molecule has 4 aromatic rings. The number of para-hydroxylation sites is 1. The average Bonchev–Trinajstić information content (AvgIpc) is 2.93. The first-order valence-corrected chi connectivity index (χ1v) is 12.9. The minimum absolute atomic E-state index is 0.182. The van der Waals surface area contributed by atoms with Crippen molar-refractivity contribution < 1.29 is 14.3 Å². The summed E-state index contributed by atoms with van der Waals surface area (Å²) in [5.41, 5.74) is 1.63. The topological polar surface area (TPSA) is 91.6 Å². The van der Waals surface area contributed by atoms with E-state index in [-0.39, 0.29) is 24.6 Å². The third-order valence-corrected chi connectivity index (χ3v) is 6.24. The summed E-state index contributed by atoms with van der Waals surface area (Å²) in [6.07, 6.45) is 1.12. The number of aromatic nitrogens is 2. The number of fused-ring (bicyclic) bond motifs is 1. The maximum Gasteiger partial charge on any atom is 0.331 e. The van der Waals surface area contributed by atoms with Crippen molar-refractivity contribution in [1.82, 2.24) is 14.5 Å². The van der Waals surface area contributed by atoms with Crippen LogP contribution in [0.1, 0.15) is 25.0 Å². The molecule has 1 N–H and O–H groups in total. The van der Waals surface area contributed by atoms with Crippen LogP contribution < -0.4 is 26.0 Å². The lowest BCUT2D eigenvalue weighted by Gasteiger charge is -2.15. The van der Waals surface area contributed by atoms with Gasteiger partial charge < -0.3 is 14.8 Å². The summed E-state index contributed by atoms with van der Waals surface area (Å²) in [4.78, 5) is 39.3. The molecule has 1 amide bonds. The molecule has 0 aliphatic carbocycles. The van der Waals surface area contributed by atoms with Crippen LogP contribution in [0, 0.1) is 0 Å². The smallest absolute Gasteiger partial charge is 0.331 e. The van der Waals surface area contributed by atoms with E-state index < -0.39 is 5.69 Å². The number of hydrogen-bond donors (Lipinski definition) is 1. The van der Waals surface area contributed by atoms with E-state index in [1.807, 2.05) is 62.4 Å².